The molecule has 142 valence electrons. The average molecular weight is 387 g/mol. The zero-order valence-corrected chi connectivity index (χ0v) is 16.0. The summed E-state index contributed by atoms with van der Waals surface area (Å²) in [4.78, 5) is 24.6. The summed E-state index contributed by atoms with van der Waals surface area (Å²) in [7, 11) is -0.816. The largest absolute Gasteiger partial charge is 0.269 e. The van der Waals surface area contributed by atoms with Gasteiger partial charge in [-0.05, 0) is 60.7 Å². The summed E-state index contributed by atoms with van der Waals surface area (Å²) < 4.78 is 25.4. The fourth-order valence-corrected chi connectivity index (χ4v) is 3.93. The van der Waals surface area contributed by atoms with Gasteiger partial charge in [-0.3, -0.25) is 20.4 Å². The summed E-state index contributed by atoms with van der Waals surface area (Å²) in [5.41, 5.74) is 7.72. The molecule has 3 rings (SSSR count). The van der Waals surface area contributed by atoms with Gasteiger partial charge in [0.25, 0.3) is 11.8 Å². The van der Waals surface area contributed by atoms with E-state index in [1.807, 2.05) is 12.1 Å². The standard InChI is InChI=1S/C19H21N3O4S/c1-22(2)27(25,26)17-8-4-7-15(12-17)18(23)20-21-19(24)16-10-9-13-5-3-6-14(13)11-16/h4,7-12H,3,5-6H2,1-2H3,(H,20,23)(H,21,24). The highest BCUT2D eigenvalue weighted by molar-refractivity contribution is 7.89. The summed E-state index contributed by atoms with van der Waals surface area (Å²) in [6.45, 7) is 0. The first-order valence-electron chi connectivity index (χ1n) is 8.54. The predicted octanol–water partition coefficient (Wildman–Crippen LogP) is 1.50. The molecule has 7 nitrogen and oxygen atoms in total. The molecule has 0 unspecified atom stereocenters. The lowest BCUT2D eigenvalue weighted by Crippen LogP contribution is -2.41. The van der Waals surface area contributed by atoms with Crippen molar-refractivity contribution in [2.75, 3.05) is 14.1 Å². The van der Waals surface area contributed by atoms with Gasteiger partial charge in [-0.2, -0.15) is 0 Å². The third-order valence-corrected chi connectivity index (χ3v) is 6.34. The molecule has 2 aromatic rings. The van der Waals surface area contributed by atoms with E-state index in [1.165, 1.54) is 43.9 Å². The second-order valence-electron chi connectivity index (χ2n) is 6.56. The number of hydrazine groups is 1. The van der Waals surface area contributed by atoms with Gasteiger partial charge in [0, 0.05) is 25.2 Å². The Morgan fingerprint density at radius 1 is 0.889 bits per heavy atom. The van der Waals surface area contributed by atoms with Gasteiger partial charge < -0.3 is 0 Å². The number of hydrogen-bond acceptors (Lipinski definition) is 4. The van der Waals surface area contributed by atoms with Gasteiger partial charge in [-0.25, -0.2) is 12.7 Å². The highest BCUT2D eigenvalue weighted by atomic mass is 32.2. The molecule has 2 amide bonds. The molecule has 0 saturated heterocycles. The molecule has 1 aliphatic carbocycles. The summed E-state index contributed by atoms with van der Waals surface area (Å²) in [6.07, 6.45) is 3.07. The molecule has 1 aliphatic rings. The van der Waals surface area contributed by atoms with Crippen LogP contribution < -0.4 is 10.9 Å². The lowest BCUT2D eigenvalue weighted by molar-refractivity contribution is 0.0846. The Kier molecular flexibility index (Phi) is 5.29. The second-order valence-corrected chi connectivity index (χ2v) is 8.71. The average Bonchev–Trinajstić information content (AvgIpc) is 3.13. The first-order valence-corrected chi connectivity index (χ1v) is 9.98. The van der Waals surface area contributed by atoms with Crippen LogP contribution in [0.3, 0.4) is 0 Å². The summed E-state index contributed by atoms with van der Waals surface area (Å²) in [5.74, 6) is -1.02. The van der Waals surface area contributed by atoms with Crippen molar-refractivity contribution in [1.29, 1.82) is 0 Å². The topological polar surface area (TPSA) is 95.6 Å². The second kappa shape index (κ2) is 7.50. The van der Waals surface area contributed by atoms with Crippen molar-refractivity contribution < 1.29 is 18.0 Å². The molecule has 2 aromatic carbocycles. The molecule has 8 heteroatoms. The number of aryl methyl sites for hydroxylation is 2. The van der Waals surface area contributed by atoms with Crippen molar-refractivity contribution in [3.63, 3.8) is 0 Å². The van der Waals surface area contributed by atoms with Crippen molar-refractivity contribution in [2.24, 2.45) is 0 Å². The quantitative estimate of drug-likeness (QED) is 0.777. The Bertz CT molecular complexity index is 1000. The van der Waals surface area contributed by atoms with Crippen LogP contribution in [0.15, 0.2) is 47.4 Å². The molecule has 0 heterocycles. The molecule has 0 atom stereocenters. The molecule has 0 saturated carbocycles. The van der Waals surface area contributed by atoms with Crippen molar-refractivity contribution >= 4 is 21.8 Å². The number of benzene rings is 2. The van der Waals surface area contributed by atoms with E-state index in [1.54, 1.807) is 6.07 Å². The number of rotatable bonds is 4. The molecule has 27 heavy (non-hydrogen) atoms. The maximum absolute atomic E-state index is 12.3. The molecule has 0 aromatic heterocycles. The SMILES string of the molecule is CN(C)S(=O)(=O)c1cccc(C(=O)NNC(=O)c2ccc3c(c2)CCC3)c1. The van der Waals surface area contributed by atoms with Crippen LogP contribution in [0.2, 0.25) is 0 Å². The number of carbonyl (C=O) groups is 2. The molecule has 2 N–H and O–H groups in total. The van der Waals surface area contributed by atoms with Crippen molar-refractivity contribution in [3.8, 4) is 0 Å². The van der Waals surface area contributed by atoms with Crippen LogP contribution in [0.4, 0.5) is 0 Å². The highest BCUT2D eigenvalue weighted by Crippen LogP contribution is 2.22. The van der Waals surface area contributed by atoms with E-state index in [9.17, 15) is 18.0 Å². The molecule has 0 radical (unpaired) electrons. The van der Waals surface area contributed by atoms with Gasteiger partial charge in [0.15, 0.2) is 0 Å². The van der Waals surface area contributed by atoms with E-state index in [4.69, 9.17) is 0 Å². The number of nitrogens with one attached hydrogen (secondary N) is 2. The molecule has 0 aliphatic heterocycles. The first kappa shape index (κ1) is 19.1. The van der Waals surface area contributed by atoms with E-state index in [-0.39, 0.29) is 10.5 Å². The van der Waals surface area contributed by atoms with E-state index in [0.717, 1.165) is 29.1 Å². The minimum atomic E-state index is -3.65. The Morgan fingerprint density at radius 2 is 1.52 bits per heavy atom. The summed E-state index contributed by atoms with van der Waals surface area (Å²) in [6, 6.07) is 11.2. The predicted molar refractivity (Wildman–Crippen MR) is 101 cm³/mol. The van der Waals surface area contributed by atoms with Gasteiger partial charge >= 0.3 is 0 Å². The Balaban J connectivity index is 1.68. The Labute approximate surface area is 158 Å². The number of carbonyl (C=O) groups excluding carboxylic acids is 2. The van der Waals surface area contributed by atoms with Crippen LogP contribution in [0, 0.1) is 0 Å². The van der Waals surface area contributed by atoms with Gasteiger partial charge in [0.2, 0.25) is 10.0 Å². The zero-order valence-electron chi connectivity index (χ0n) is 15.2. The van der Waals surface area contributed by atoms with E-state index < -0.39 is 21.8 Å². The molecular formula is C19H21N3O4S. The summed E-state index contributed by atoms with van der Waals surface area (Å²) >= 11 is 0. The smallest absolute Gasteiger partial charge is 0.267 e. The van der Waals surface area contributed by atoms with Crippen molar-refractivity contribution in [3.05, 3.63) is 64.7 Å². The lowest BCUT2D eigenvalue weighted by Gasteiger charge is -2.12. The van der Waals surface area contributed by atoms with Crippen LogP contribution in [0.5, 0.6) is 0 Å². The van der Waals surface area contributed by atoms with Gasteiger partial charge in [-0.15, -0.1) is 0 Å². The van der Waals surface area contributed by atoms with Gasteiger partial charge in [0.05, 0.1) is 4.90 Å². The third kappa shape index (κ3) is 4.01. The van der Waals surface area contributed by atoms with Crippen LogP contribution in [-0.4, -0.2) is 38.6 Å². The van der Waals surface area contributed by atoms with Crippen LogP contribution >= 0.6 is 0 Å². The fraction of sp³-hybridized carbons (Fsp3) is 0.263. The van der Waals surface area contributed by atoms with Crippen LogP contribution in [-0.2, 0) is 22.9 Å². The first-order chi connectivity index (χ1) is 12.8. The van der Waals surface area contributed by atoms with Crippen LogP contribution in [0.25, 0.3) is 0 Å². The maximum atomic E-state index is 12.3. The van der Waals surface area contributed by atoms with Crippen molar-refractivity contribution in [1.82, 2.24) is 15.2 Å². The lowest BCUT2D eigenvalue weighted by atomic mass is 10.1. The number of nitrogens with zero attached hydrogens (tertiary/aromatic N) is 1. The van der Waals surface area contributed by atoms with Gasteiger partial charge in [0.1, 0.15) is 0 Å². The van der Waals surface area contributed by atoms with E-state index in [2.05, 4.69) is 10.9 Å². The highest BCUT2D eigenvalue weighted by Gasteiger charge is 2.19. The normalized spacial score (nSPS) is 13.3. The van der Waals surface area contributed by atoms with E-state index >= 15 is 0 Å². The van der Waals surface area contributed by atoms with Crippen molar-refractivity contribution in [2.45, 2.75) is 24.2 Å². The minimum absolute atomic E-state index is 0.00472. The minimum Gasteiger partial charge on any atom is -0.267 e. The molecule has 0 fully saturated rings. The number of sulfonamides is 1. The number of hydrogen-bond donors (Lipinski definition) is 2. The Hall–Kier alpha value is -2.71. The Morgan fingerprint density at radius 3 is 2.19 bits per heavy atom. The maximum Gasteiger partial charge on any atom is 0.269 e. The zero-order chi connectivity index (χ0) is 19.6. The van der Waals surface area contributed by atoms with Crippen LogP contribution in [0.1, 0.15) is 38.3 Å². The number of fused-ring (bicyclic) bond motifs is 1. The summed E-state index contributed by atoms with van der Waals surface area (Å²) in [5, 5.41) is 0. The molecule has 0 spiro atoms. The third-order valence-electron chi connectivity index (χ3n) is 4.53. The molecule has 0 bridgehead atoms. The fourth-order valence-electron chi connectivity index (χ4n) is 2.98. The monoisotopic (exact) mass is 387 g/mol. The van der Waals surface area contributed by atoms with Gasteiger partial charge in [-0.1, -0.05) is 12.1 Å². The van der Waals surface area contributed by atoms with E-state index in [0.29, 0.717) is 5.56 Å². The molecular weight excluding hydrogens is 366 g/mol. The number of amides is 2.